The number of carbonyl (C=O) groups excluding carboxylic acids is 1. The molecule has 2 rings (SSSR count). The first-order valence-electron chi connectivity index (χ1n) is 7.32. The lowest BCUT2D eigenvalue weighted by Gasteiger charge is -2.19. The van der Waals surface area contributed by atoms with Crippen molar-refractivity contribution >= 4 is 5.91 Å². The van der Waals surface area contributed by atoms with Gasteiger partial charge < -0.3 is 10.1 Å². The second-order valence-electron chi connectivity index (χ2n) is 5.44. The first kappa shape index (κ1) is 15.9. The van der Waals surface area contributed by atoms with Crippen LogP contribution in [0.2, 0.25) is 0 Å². The molecule has 5 nitrogen and oxygen atoms in total. The van der Waals surface area contributed by atoms with Crippen LogP contribution in [0.3, 0.4) is 0 Å². The highest BCUT2D eigenvalue weighted by Crippen LogP contribution is 2.25. The summed E-state index contributed by atoms with van der Waals surface area (Å²) in [5.74, 6) is 0.527. The Balaban J connectivity index is 2.13. The molecule has 1 atom stereocenters. The third-order valence-electron chi connectivity index (χ3n) is 3.11. The van der Waals surface area contributed by atoms with Gasteiger partial charge in [0.1, 0.15) is 11.4 Å². The molecule has 1 N–H and O–H groups in total. The number of hydrogen-bond donors (Lipinski definition) is 1. The molecule has 0 radical (unpaired) electrons. The molecule has 0 aliphatic rings. The van der Waals surface area contributed by atoms with Gasteiger partial charge in [0, 0.05) is 11.8 Å². The number of carbonyl (C=O) groups is 1. The van der Waals surface area contributed by atoms with Crippen molar-refractivity contribution in [1.82, 2.24) is 15.3 Å². The summed E-state index contributed by atoms with van der Waals surface area (Å²) < 4.78 is 5.79. The van der Waals surface area contributed by atoms with Gasteiger partial charge in [-0.15, -0.1) is 0 Å². The smallest absolute Gasteiger partial charge is 0.271 e. The minimum absolute atomic E-state index is 0.0759. The van der Waals surface area contributed by atoms with Gasteiger partial charge in [-0.3, -0.25) is 9.78 Å². The van der Waals surface area contributed by atoms with Crippen LogP contribution in [0.15, 0.2) is 36.7 Å². The zero-order valence-electron chi connectivity index (χ0n) is 13.3. The van der Waals surface area contributed by atoms with E-state index in [1.807, 2.05) is 52.0 Å². The van der Waals surface area contributed by atoms with E-state index >= 15 is 0 Å². The molecule has 1 aromatic carbocycles. The fourth-order valence-corrected chi connectivity index (χ4v) is 2.06. The Morgan fingerprint density at radius 1 is 1.14 bits per heavy atom. The minimum Gasteiger partial charge on any atom is -0.491 e. The normalized spacial score (nSPS) is 12.0. The number of amides is 1. The van der Waals surface area contributed by atoms with Gasteiger partial charge in [0.25, 0.3) is 5.91 Å². The Hall–Kier alpha value is -2.43. The molecule has 0 fully saturated rings. The van der Waals surface area contributed by atoms with Crippen molar-refractivity contribution < 1.29 is 9.53 Å². The number of aromatic nitrogens is 2. The molecular weight excluding hydrogens is 278 g/mol. The van der Waals surface area contributed by atoms with Crippen molar-refractivity contribution in [3.63, 3.8) is 0 Å². The zero-order chi connectivity index (χ0) is 16.1. The summed E-state index contributed by atoms with van der Waals surface area (Å²) in [6, 6.07) is 7.51. The van der Waals surface area contributed by atoms with Crippen LogP contribution >= 0.6 is 0 Å². The van der Waals surface area contributed by atoms with Crippen LogP contribution in [-0.2, 0) is 0 Å². The molecule has 1 unspecified atom stereocenters. The SMILES string of the molecule is Cc1cnc(C(=O)NC(C)c2ccccc2OC(C)C)cn1. The molecule has 0 aliphatic carbocycles. The number of para-hydroxylation sites is 1. The van der Waals surface area contributed by atoms with Gasteiger partial charge in [0.2, 0.25) is 0 Å². The highest BCUT2D eigenvalue weighted by Gasteiger charge is 2.16. The molecule has 0 saturated heterocycles. The van der Waals surface area contributed by atoms with E-state index in [0.29, 0.717) is 5.69 Å². The minimum atomic E-state index is -0.251. The summed E-state index contributed by atoms with van der Waals surface area (Å²) in [5, 5.41) is 2.92. The van der Waals surface area contributed by atoms with Crippen LogP contribution in [0.5, 0.6) is 5.75 Å². The molecule has 1 heterocycles. The first-order valence-corrected chi connectivity index (χ1v) is 7.32. The van der Waals surface area contributed by atoms with Crippen molar-refractivity contribution in [2.45, 2.75) is 39.8 Å². The van der Waals surface area contributed by atoms with E-state index in [2.05, 4.69) is 15.3 Å². The lowest BCUT2D eigenvalue weighted by Crippen LogP contribution is -2.28. The number of benzene rings is 1. The highest BCUT2D eigenvalue weighted by molar-refractivity contribution is 5.92. The van der Waals surface area contributed by atoms with Gasteiger partial charge >= 0.3 is 0 Å². The Labute approximate surface area is 130 Å². The molecule has 1 amide bonds. The van der Waals surface area contributed by atoms with Gasteiger partial charge in [-0.2, -0.15) is 0 Å². The van der Waals surface area contributed by atoms with Crippen LogP contribution < -0.4 is 10.1 Å². The Bertz CT molecular complexity index is 639. The molecule has 0 aliphatic heterocycles. The maximum Gasteiger partial charge on any atom is 0.271 e. The number of rotatable bonds is 5. The lowest BCUT2D eigenvalue weighted by molar-refractivity contribution is 0.0933. The zero-order valence-corrected chi connectivity index (χ0v) is 13.3. The number of hydrogen-bond acceptors (Lipinski definition) is 4. The lowest BCUT2D eigenvalue weighted by atomic mass is 10.1. The third-order valence-corrected chi connectivity index (χ3v) is 3.11. The highest BCUT2D eigenvalue weighted by atomic mass is 16.5. The van der Waals surface area contributed by atoms with Crippen LogP contribution in [0, 0.1) is 6.92 Å². The van der Waals surface area contributed by atoms with E-state index in [0.717, 1.165) is 17.0 Å². The maximum absolute atomic E-state index is 12.2. The predicted molar refractivity (Wildman–Crippen MR) is 84.9 cm³/mol. The van der Waals surface area contributed by atoms with E-state index < -0.39 is 0 Å². The monoisotopic (exact) mass is 299 g/mol. The van der Waals surface area contributed by atoms with E-state index in [-0.39, 0.29) is 18.1 Å². The first-order chi connectivity index (χ1) is 10.5. The van der Waals surface area contributed by atoms with Crippen molar-refractivity contribution in [2.75, 3.05) is 0 Å². The van der Waals surface area contributed by atoms with Crippen LogP contribution in [0.4, 0.5) is 0 Å². The summed E-state index contributed by atoms with van der Waals surface area (Å²) >= 11 is 0. The third kappa shape index (κ3) is 4.04. The Morgan fingerprint density at radius 2 is 1.86 bits per heavy atom. The predicted octanol–water partition coefficient (Wildman–Crippen LogP) is 3.06. The molecular formula is C17H21N3O2. The van der Waals surface area contributed by atoms with Gasteiger partial charge in [0.15, 0.2) is 0 Å². The van der Waals surface area contributed by atoms with E-state index in [1.165, 1.54) is 6.20 Å². The number of aryl methyl sites for hydroxylation is 1. The van der Waals surface area contributed by atoms with Crippen molar-refractivity contribution in [1.29, 1.82) is 0 Å². The molecule has 0 saturated carbocycles. The van der Waals surface area contributed by atoms with Crippen molar-refractivity contribution in [3.05, 3.63) is 53.6 Å². The van der Waals surface area contributed by atoms with Gasteiger partial charge in [-0.25, -0.2) is 4.98 Å². The Morgan fingerprint density at radius 3 is 2.50 bits per heavy atom. The van der Waals surface area contributed by atoms with E-state index in [4.69, 9.17) is 4.74 Å². The fourth-order valence-electron chi connectivity index (χ4n) is 2.06. The quantitative estimate of drug-likeness (QED) is 0.921. The van der Waals surface area contributed by atoms with E-state index in [1.54, 1.807) is 6.20 Å². The summed E-state index contributed by atoms with van der Waals surface area (Å²) in [4.78, 5) is 20.4. The Kier molecular flexibility index (Phi) is 5.09. The number of nitrogens with one attached hydrogen (secondary N) is 1. The largest absolute Gasteiger partial charge is 0.491 e. The van der Waals surface area contributed by atoms with Crippen LogP contribution in [0.25, 0.3) is 0 Å². The summed E-state index contributed by atoms with van der Waals surface area (Å²) in [6.07, 6.45) is 3.13. The standard InChI is InChI=1S/C17H21N3O2/c1-11(2)22-16-8-6-5-7-14(16)13(4)20-17(21)15-10-18-12(3)9-19-15/h5-11,13H,1-4H3,(H,20,21). The van der Waals surface area contributed by atoms with Crippen molar-refractivity contribution in [3.8, 4) is 5.75 Å². The van der Waals surface area contributed by atoms with Crippen LogP contribution in [-0.4, -0.2) is 22.0 Å². The van der Waals surface area contributed by atoms with Crippen molar-refractivity contribution in [2.24, 2.45) is 0 Å². The van der Waals surface area contributed by atoms with Gasteiger partial charge in [-0.1, -0.05) is 18.2 Å². The second-order valence-corrected chi connectivity index (χ2v) is 5.44. The molecule has 1 aromatic heterocycles. The molecule has 0 bridgehead atoms. The topological polar surface area (TPSA) is 64.1 Å². The summed E-state index contributed by atoms with van der Waals surface area (Å²) in [6.45, 7) is 7.70. The molecule has 2 aromatic rings. The fraction of sp³-hybridized carbons (Fsp3) is 0.353. The average molecular weight is 299 g/mol. The number of nitrogens with zero attached hydrogens (tertiary/aromatic N) is 2. The molecule has 5 heteroatoms. The summed E-state index contributed by atoms with van der Waals surface area (Å²) in [5.41, 5.74) is 2.02. The van der Waals surface area contributed by atoms with E-state index in [9.17, 15) is 4.79 Å². The molecule has 22 heavy (non-hydrogen) atoms. The van der Waals surface area contributed by atoms with Gasteiger partial charge in [0.05, 0.1) is 24.0 Å². The molecule has 116 valence electrons. The maximum atomic E-state index is 12.2. The van der Waals surface area contributed by atoms with Crippen LogP contribution in [0.1, 0.15) is 48.6 Å². The molecule has 0 spiro atoms. The average Bonchev–Trinajstić information content (AvgIpc) is 2.47. The number of ether oxygens (including phenoxy) is 1. The second kappa shape index (κ2) is 7.02. The summed E-state index contributed by atoms with van der Waals surface area (Å²) in [7, 11) is 0. The van der Waals surface area contributed by atoms with Gasteiger partial charge in [-0.05, 0) is 33.8 Å².